The standard InChI is InChI=1S/C32H36N6O5/c1-3-17-35(21-38-24-14-9-8-13-23(24)33-34-38)31(42)28-32-16-15-25(43-32)26(27(32)30(41)37(28)19-10-20-39)29(40)36(18-4-2)22-11-6-5-7-12-22/h3-9,11-14,25-28,39H,1-2,10,15-21H2/t25-,26+,27+,28?,32?/m1/s1. The minimum absolute atomic E-state index is 0.0948. The Hall–Kier alpha value is -4.35. The number of amides is 3. The number of aliphatic hydroxyl groups is 1. The summed E-state index contributed by atoms with van der Waals surface area (Å²) in [5.74, 6) is -2.39. The lowest BCUT2D eigenvalue weighted by Crippen LogP contribution is -2.56. The molecule has 1 N–H and O–H groups in total. The van der Waals surface area contributed by atoms with E-state index in [0.29, 0.717) is 30.5 Å². The number of aliphatic hydroxyl groups excluding tert-OH is 1. The van der Waals surface area contributed by atoms with E-state index in [1.54, 1.807) is 26.6 Å². The zero-order valence-electron chi connectivity index (χ0n) is 24.0. The van der Waals surface area contributed by atoms with Gasteiger partial charge in [-0.25, -0.2) is 4.68 Å². The number of hydrogen-bond acceptors (Lipinski definition) is 7. The SMILES string of the molecule is C=CCN(Cn1nnc2ccccc21)C(=O)C1N(CCCO)C(=O)[C@@H]2[C@@H](C(=O)N(CC=C)c3ccccc3)[C@H]3CCC12O3. The lowest BCUT2D eigenvalue weighted by molar-refractivity contribution is -0.149. The number of aromatic nitrogens is 3. The molecule has 3 aromatic rings. The smallest absolute Gasteiger partial charge is 0.250 e. The summed E-state index contributed by atoms with van der Waals surface area (Å²) in [5.41, 5.74) is 1.02. The molecule has 2 bridgehead atoms. The maximum atomic E-state index is 14.5. The van der Waals surface area contributed by atoms with Crippen molar-refractivity contribution in [3.63, 3.8) is 0 Å². The van der Waals surface area contributed by atoms with E-state index in [1.165, 1.54) is 4.90 Å². The van der Waals surface area contributed by atoms with Gasteiger partial charge >= 0.3 is 0 Å². The van der Waals surface area contributed by atoms with Gasteiger partial charge in [0.1, 0.15) is 23.8 Å². The van der Waals surface area contributed by atoms with Crippen molar-refractivity contribution in [3.05, 3.63) is 79.9 Å². The van der Waals surface area contributed by atoms with Gasteiger partial charge in [-0.15, -0.1) is 18.3 Å². The Morgan fingerprint density at radius 3 is 2.56 bits per heavy atom. The van der Waals surface area contributed by atoms with Crippen LogP contribution in [0.3, 0.4) is 0 Å². The molecule has 3 fully saturated rings. The highest BCUT2D eigenvalue weighted by Crippen LogP contribution is 2.59. The van der Waals surface area contributed by atoms with Gasteiger partial charge in [0.2, 0.25) is 17.7 Å². The average molecular weight is 585 g/mol. The fourth-order valence-electron chi connectivity index (χ4n) is 7.16. The fraction of sp³-hybridized carbons (Fsp3) is 0.406. The predicted molar refractivity (Wildman–Crippen MR) is 159 cm³/mol. The second-order valence-corrected chi connectivity index (χ2v) is 11.3. The summed E-state index contributed by atoms with van der Waals surface area (Å²) in [5, 5.41) is 18.1. The molecule has 224 valence electrons. The van der Waals surface area contributed by atoms with Crippen LogP contribution in [0.5, 0.6) is 0 Å². The number of benzene rings is 2. The first-order chi connectivity index (χ1) is 20.9. The van der Waals surface area contributed by atoms with Crippen LogP contribution in [0.25, 0.3) is 11.0 Å². The summed E-state index contributed by atoms with van der Waals surface area (Å²) in [6.45, 7) is 8.29. The summed E-state index contributed by atoms with van der Waals surface area (Å²) in [4.78, 5) is 47.8. The number of nitrogens with zero attached hydrogens (tertiary/aromatic N) is 6. The van der Waals surface area contributed by atoms with Gasteiger partial charge in [0.15, 0.2) is 0 Å². The molecule has 4 heterocycles. The van der Waals surface area contributed by atoms with Crippen molar-refractivity contribution in [2.75, 3.05) is 31.1 Å². The molecule has 2 aromatic carbocycles. The predicted octanol–water partition coefficient (Wildman–Crippen LogP) is 2.38. The highest BCUT2D eigenvalue weighted by atomic mass is 16.5. The Morgan fingerprint density at radius 1 is 1.07 bits per heavy atom. The maximum Gasteiger partial charge on any atom is 0.250 e. The Kier molecular flexibility index (Phi) is 7.85. The lowest BCUT2D eigenvalue weighted by Gasteiger charge is -2.36. The second kappa shape index (κ2) is 11.7. The zero-order chi connectivity index (χ0) is 30.1. The summed E-state index contributed by atoms with van der Waals surface area (Å²) < 4.78 is 8.27. The fourth-order valence-corrected chi connectivity index (χ4v) is 7.16. The van der Waals surface area contributed by atoms with Gasteiger partial charge in [0.05, 0.1) is 23.5 Å². The molecular formula is C32H36N6O5. The van der Waals surface area contributed by atoms with Gasteiger partial charge in [-0.2, -0.15) is 0 Å². The van der Waals surface area contributed by atoms with Crippen molar-refractivity contribution in [1.29, 1.82) is 0 Å². The van der Waals surface area contributed by atoms with Crippen LogP contribution in [0.4, 0.5) is 5.69 Å². The molecule has 3 aliphatic heterocycles. The van der Waals surface area contributed by atoms with Gasteiger partial charge in [0.25, 0.3) is 0 Å². The van der Waals surface area contributed by atoms with Crippen molar-refractivity contribution in [2.45, 2.75) is 43.7 Å². The van der Waals surface area contributed by atoms with E-state index >= 15 is 0 Å². The van der Waals surface area contributed by atoms with E-state index in [2.05, 4.69) is 23.5 Å². The quantitative estimate of drug-likeness (QED) is 0.325. The van der Waals surface area contributed by atoms with Gasteiger partial charge in [-0.1, -0.05) is 47.7 Å². The minimum atomic E-state index is -1.16. The van der Waals surface area contributed by atoms with E-state index in [0.717, 1.165) is 5.52 Å². The number of hydrogen-bond donors (Lipinski definition) is 1. The Morgan fingerprint density at radius 2 is 1.81 bits per heavy atom. The molecule has 0 aliphatic carbocycles. The third-order valence-corrected chi connectivity index (χ3v) is 8.91. The zero-order valence-corrected chi connectivity index (χ0v) is 24.0. The number of ether oxygens (including phenoxy) is 1. The van der Waals surface area contributed by atoms with Crippen molar-refractivity contribution in [3.8, 4) is 0 Å². The van der Waals surface area contributed by atoms with Gasteiger partial charge in [-0.05, 0) is 43.5 Å². The van der Waals surface area contributed by atoms with E-state index in [1.807, 2.05) is 54.6 Å². The molecule has 5 atom stereocenters. The highest BCUT2D eigenvalue weighted by Gasteiger charge is 2.74. The van der Waals surface area contributed by atoms with Crippen LogP contribution < -0.4 is 4.90 Å². The van der Waals surface area contributed by atoms with Crippen LogP contribution in [0.1, 0.15) is 19.3 Å². The summed E-state index contributed by atoms with van der Waals surface area (Å²) in [6, 6.07) is 15.8. The van der Waals surface area contributed by atoms with Crippen molar-refractivity contribution < 1.29 is 24.2 Å². The highest BCUT2D eigenvalue weighted by molar-refractivity contribution is 6.03. The Labute approximate surface area is 250 Å². The molecule has 43 heavy (non-hydrogen) atoms. The van der Waals surface area contributed by atoms with E-state index < -0.39 is 29.6 Å². The minimum Gasteiger partial charge on any atom is -0.396 e. The Balaban J connectivity index is 1.36. The molecule has 3 saturated heterocycles. The molecule has 1 aromatic heterocycles. The monoisotopic (exact) mass is 584 g/mol. The van der Waals surface area contributed by atoms with Crippen LogP contribution in [-0.2, 0) is 25.8 Å². The van der Waals surface area contributed by atoms with Crippen molar-refractivity contribution >= 4 is 34.4 Å². The van der Waals surface area contributed by atoms with Crippen molar-refractivity contribution in [2.24, 2.45) is 11.8 Å². The second-order valence-electron chi connectivity index (χ2n) is 11.3. The number of likely N-dealkylation sites (tertiary alicyclic amines) is 1. The molecule has 0 radical (unpaired) electrons. The first kappa shape index (κ1) is 28.8. The molecule has 0 saturated carbocycles. The first-order valence-electron chi connectivity index (χ1n) is 14.7. The van der Waals surface area contributed by atoms with Gasteiger partial charge < -0.3 is 24.5 Å². The number of carbonyl (C=O) groups excluding carboxylic acids is 3. The van der Waals surface area contributed by atoms with E-state index in [9.17, 15) is 19.5 Å². The topological polar surface area (TPSA) is 121 Å². The number of carbonyl (C=O) groups is 3. The molecule has 11 heteroatoms. The van der Waals surface area contributed by atoms with Crippen LogP contribution in [-0.4, -0.2) is 91.6 Å². The first-order valence-corrected chi connectivity index (χ1v) is 14.7. The van der Waals surface area contributed by atoms with Crippen LogP contribution in [0, 0.1) is 11.8 Å². The van der Waals surface area contributed by atoms with Crippen LogP contribution in [0.2, 0.25) is 0 Å². The van der Waals surface area contributed by atoms with E-state index in [4.69, 9.17) is 4.74 Å². The van der Waals surface area contributed by atoms with Crippen LogP contribution >= 0.6 is 0 Å². The number of anilines is 1. The number of fused-ring (bicyclic) bond motifs is 2. The molecule has 6 rings (SSSR count). The van der Waals surface area contributed by atoms with Gasteiger partial charge in [-0.3, -0.25) is 14.4 Å². The molecule has 3 amide bonds. The van der Waals surface area contributed by atoms with Gasteiger partial charge in [0, 0.05) is 31.9 Å². The largest absolute Gasteiger partial charge is 0.396 e. The van der Waals surface area contributed by atoms with E-state index in [-0.39, 0.29) is 50.6 Å². The molecule has 3 aliphatic rings. The Bertz CT molecular complexity index is 1540. The summed E-state index contributed by atoms with van der Waals surface area (Å²) in [6.07, 6.45) is 4.13. The summed E-state index contributed by atoms with van der Waals surface area (Å²) in [7, 11) is 0. The lowest BCUT2D eigenvalue weighted by atomic mass is 9.70. The maximum absolute atomic E-state index is 14.5. The molecule has 2 unspecified atom stereocenters. The van der Waals surface area contributed by atoms with Crippen LogP contribution in [0.15, 0.2) is 79.9 Å². The van der Waals surface area contributed by atoms with Crippen molar-refractivity contribution in [1.82, 2.24) is 24.8 Å². The normalized spacial score (nSPS) is 25.6. The number of para-hydroxylation sites is 2. The number of rotatable bonds is 12. The average Bonchev–Trinajstić information content (AvgIpc) is 3.78. The third-order valence-electron chi connectivity index (χ3n) is 8.91. The molecule has 1 spiro atoms. The molecule has 11 nitrogen and oxygen atoms in total. The molecular weight excluding hydrogens is 548 g/mol. The summed E-state index contributed by atoms with van der Waals surface area (Å²) >= 11 is 0. The third kappa shape index (κ3) is 4.72.